The number of nitrogens with zero attached hydrogens (tertiary/aromatic N) is 2. The molecule has 4 heteroatoms. The average Bonchev–Trinajstić information content (AvgIpc) is 2.31. The molecule has 1 aliphatic heterocycles. The zero-order valence-corrected chi connectivity index (χ0v) is 9.13. The highest BCUT2D eigenvalue weighted by Gasteiger charge is 2.23. The van der Waals surface area contributed by atoms with Gasteiger partial charge in [-0.1, -0.05) is 12.5 Å². The van der Waals surface area contributed by atoms with Crippen LogP contribution in [0.5, 0.6) is 0 Å². The van der Waals surface area contributed by atoms with Crippen molar-refractivity contribution in [1.29, 1.82) is 0 Å². The highest BCUT2D eigenvalue weighted by Crippen LogP contribution is 2.18. The van der Waals surface area contributed by atoms with Crippen LogP contribution in [0, 0.1) is 0 Å². The molecule has 4 nitrogen and oxygen atoms in total. The van der Waals surface area contributed by atoms with Gasteiger partial charge in [0.25, 0.3) is 0 Å². The summed E-state index contributed by atoms with van der Waals surface area (Å²) in [6, 6.07) is 5.24. The quantitative estimate of drug-likeness (QED) is 0.728. The SMILES string of the molecule is O=C([O-])[C@H]1CCCCN1Cc1ccccn1. The second-order valence-electron chi connectivity index (χ2n) is 4.12. The Morgan fingerprint density at radius 2 is 2.38 bits per heavy atom. The Hall–Kier alpha value is -1.42. The van der Waals surface area contributed by atoms with Gasteiger partial charge in [0.1, 0.15) is 0 Å². The van der Waals surface area contributed by atoms with Crippen LogP contribution in [0.25, 0.3) is 0 Å². The molecule has 2 heterocycles. The zero-order valence-electron chi connectivity index (χ0n) is 9.13. The number of hydrogen-bond donors (Lipinski definition) is 0. The van der Waals surface area contributed by atoms with Crippen LogP contribution in [0.4, 0.5) is 0 Å². The standard InChI is InChI=1S/C12H16N2O2/c15-12(16)11-6-2-4-8-14(11)9-10-5-1-3-7-13-10/h1,3,5,7,11H,2,4,6,8-9H2,(H,15,16)/p-1/t11-/m1/s1. The van der Waals surface area contributed by atoms with E-state index in [4.69, 9.17) is 0 Å². The van der Waals surface area contributed by atoms with Gasteiger partial charge >= 0.3 is 0 Å². The molecule has 0 aromatic carbocycles. The predicted molar refractivity (Wildman–Crippen MR) is 57.3 cm³/mol. The Morgan fingerprint density at radius 3 is 3.06 bits per heavy atom. The number of carboxylic acid groups (broad SMARTS) is 1. The monoisotopic (exact) mass is 219 g/mol. The normalized spacial score (nSPS) is 21.9. The molecule has 0 spiro atoms. The topological polar surface area (TPSA) is 56.3 Å². The van der Waals surface area contributed by atoms with Crippen molar-refractivity contribution in [1.82, 2.24) is 9.88 Å². The minimum absolute atomic E-state index is 0.448. The van der Waals surface area contributed by atoms with Crippen LogP contribution in [0.3, 0.4) is 0 Å². The molecule has 2 rings (SSSR count). The molecule has 0 unspecified atom stereocenters. The third kappa shape index (κ3) is 2.58. The lowest BCUT2D eigenvalue weighted by molar-refractivity contribution is -0.312. The molecule has 0 bridgehead atoms. The second kappa shape index (κ2) is 5.07. The first-order chi connectivity index (χ1) is 7.77. The summed E-state index contributed by atoms with van der Waals surface area (Å²) >= 11 is 0. The summed E-state index contributed by atoms with van der Waals surface area (Å²) in [5.41, 5.74) is 0.913. The number of aromatic nitrogens is 1. The largest absolute Gasteiger partial charge is 0.548 e. The van der Waals surface area contributed by atoms with Gasteiger partial charge in [0.2, 0.25) is 0 Å². The number of carbonyl (C=O) groups is 1. The fourth-order valence-corrected chi connectivity index (χ4v) is 2.15. The van der Waals surface area contributed by atoms with Gasteiger partial charge in [0, 0.05) is 18.8 Å². The second-order valence-corrected chi connectivity index (χ2v) is 4.12. The smallest absolute Gasteiger partial charge is 0.0586 e. The molecule has 1 aromatic heterocycles. The van der Waals surface area contributed by atoms with E-state index in [1.54, 1.807) is 6.20 Å². The van der Waals surface area contributed by atoms with E-state index in [-0.39, 0.29) is 0 Å². The summed E-state index contributed by atoms with van der Waals surface area (Å²) in [5.74, 6) is -0.962. The summed E-state index contributed by atoms with van der Waals surface area (Å²) in [6.45, 7) is 1.41. The number of piperidine rings is 1. The number of rotatable bonds is 3. The molecule has 86 valence electrons. The van der Waals surface area contributed by atoms with Crippen molar-refractivity contribution in [2.75, 3.05) is 6.54 Å². The number of likely N-dealkylation sites (tertiary alicyclic amines) is 1. The van der Waals surface area contributed by atoms with E-state index in [0.29, 0.717) is 13.0 Å². The van der Waals surface area contributed by atoms with Gasteiger partial charge in [0.05, 0.1) is 11.7 Å². The molecule has 0 N–H and O–H groups in total. The summed E-state index contributed by atoms with van der Waals surface area (Å²) in [7, 11) is 0. The molecule has 1 atom stereocenters. The maximum Gasteiger partial charge on any atom is 0.0586 e. The Balaban J connectivity index is 2.04. The van der Waals surface area contributed by atoms with Crippen molar-refractivity contribution in [2.45, 2.75) is 31.8 Å². The maximum absolute atomic E-state index is 11.0. The van der Waals surface area contributed by atoms with Crippen LogP contribution in [0.15, 0.2) is 24.4 Å². The van der Waals surface area contributed by atoms with Crippen LogP contribution >= 0.6 is 0 Å². The van der Waals surface area contributed by atoms with Crippen LogP contribution in [0.2, 0.25) is 0 Å². The first-order valence-corrected chi connectivity index (χ1v) is 5.62. The number of carboxylic acids is 1. The zero-order chi connectivity index (χ0) is 11.4. The molecule has 1 fully saturated rings. The lowest BCUT2D eigenvalue weighted by Crippen LogP contribution is -2.50. The van der Waals surface area contributed by atoms with Gasteiger partial charge in [-0.2, -0.15) is 0 Å². The summed E-state index contributed by atoms with van der Waals surface area (Å²) in [6.07, 6.45) is 4.44. The fraction of sp³-hybridized carbons (Fsp3) is 0.500. The molecule has 0 aliphatic carbocycles. The van der Waals surface area contributed by atoms with Crippen molar-refractivity contribution in [2.24, 2.45) is 0 Å². The van der Waals surface area contributed by atoms with Gasteiger partial charge in [-0.15, -0.1) is 0 Å². The van der Waals surface area contributed by atoms with E-state index in [0.717, 1.165) is 25.1 Å². The lowest BCUT2D eigenvalue weighted by atomic mass is 10.0. The van der Waals surface area contributed by atoms with Crippen molar-refractivity contribution in [3.63, 3.8) is 0 Å². The van der Waals surface area contributed by atoms with E-state index in [1.165, 1.54) is 0 Å². The molecule has 1 aromatic rings. The molecule has 0 amide bonds. The van der Waals surface area contributed by atoms with Gasteiger partial charge in [-0.25, -0.2) is 0 Å². The van der Waals surface area contributed by atoms with Gasteiger partial charge in [-0.3, -0.25) is 9.88 Å². The first kappa shape index (κ1) is 11.1. The van der Waals surface area contributed by atoms with Crippen molar-refractivity contribution in [3.8, 4) is 0 Å². The molecule has 1 aliphatic rings. The minimum atomic E-state index is -0.962. The fourth-order valence-electron chi connectivity index (χ4n) is 2.15. The first-order valence-electron chi connectivity index (χ1n) is 5.62. The predicted octanol–water partition coefficient (Wildman–Crippen LogP) is 0.186. The van der Waals surface area contributed by atoms with Gasteiger partial charge in [-0.05, 0) is 31.5 Å². The summed E-state index contributed by atoms with van der Waals surface area (Å²) in [4.78, 5) is 17.1. The van der Waals surface area contributed by atoms with Crippen LogP contribution in [0.1, 0.15) is 25.0 Å². The Morgan fingerprint density at radius 1 is 1.50 bits per heavy atom. The van der Waals surface area contributed by atoms with Crippen molar-refractivity contribution in [3.05, 3.63) is 30.1 Å². The van der Waals surface area contributed by atoms with E-state index >= 15 is 0 Å². The van der Waals surface area contributed by atoms with Crippen molar-refractivity contribution >= 4 is 5.97 Å². The maximum atomic E-state index is 11.0. The average molecular weight is 219 g/mol. The number of aliphatic carboxylic acids is 1. The molecular formula is C12H15N2O2-. The van der Waals surface area contributed by atoms with E-state index < -0.39 is 12.0 Å². The molecule has 1 saturated heterocycles. The summed E-state index contributed by atoms with van der Waals surface area (Å²) in [5, 5.41) is 11.0. The lowest BCUT2D eigenvalue weighted by Gasteiger charge is -2.35. The Labute approximate surface area is 94.9 Å². The Bertz CT molecular complexity index is 353. The van der Waals surface area contributed by atoms with Crippen LogP contribution in [-0.2, 0) is 11.3 Å². The Kier molecular flexibility index (Phi) is 3.51. The van der Waals surface area contributed by atoms with Gasteiger partial charge in [0.15, 0.2) is 0 Å². The van der Waals surface area contributed by atoms with E-state index in [1.807, 2.05) is 23.1 Å². The number of hydrogen-bond acceptors (Lipinski definition) is 4. The van der Waals surface area contributed by atoms with Gasteiger partial charge < -0.3 is 9.90 Å². The number of pyridine rings is 1. The molecule has 0 radical (unpaired) electrons. The molecular weight excluding hydrogens is 204 g/mol. The highest BCUT2D eigenvalue weighted by atomic mass is 16.4. The minimum Gasteiger partial charge on any atom is -0.548 e. The van der Waals surface area contributed by atoms with Crippen LogP contribution in [-0.4, -0.2) is 28.4 Å². The third-order valence-corrected chi connectivity index (χ3v) is 2.98. The van der Waals surface area contributed by atoms with E-state index in [2.05, 4.69) is 4.98 Å². The molecule has 0 saturated carbocycles. The molecule has 16 heavy (non-hydrogen) atoms. The third-order valence-electron chi connectivity index (χ3n) is 2.98. The number of carbonyl (C=O) groups excluding carboxylic acids is 1. The summed E-state index contributed by atoms with van der Waals surface area (Å²) < 4.78 is 0. The van der Waals surface area contributed by atoms with E-state index in [9.17, 15) is 9.90 Å². The highest BCUT2D eigenvalue weighted by molar-refractivity contribution is 5.71. The van der Waals surface area contributed by atoms with Crippen molar-refractivity contribution < 1.29 is 9.90 Å². The van der Waals surface area contributed by atoms with Crippen LogP contribution < -0.4 is 5.11 Å².